The third-order valence-corrected chi connectivity index (χ3v) is 8.69. The summed E-state index contributed by atoms with van der Waals surface area (Å²) in [7, 11) is -3.57. The van der Waals surface area contributed by atoms with Crippen LogP contribution in [0.4, 0.5) is 0 Å². The van der Waals surface area contributed by atoms with Crippen LogP contribution in [0.1, 0.15) is 25.3 Å². The third kappa shape index (κ3) is 5.99. The normalized spacial score (nSPS) is 17.5. The second-order valence-electron chi connectivity index (χ2n) is 7.09. The fourth-order valence-electron chi connectivity index (χ4n) is 3.11. The topological polar surface area (TPSA) is 78.0 Å². The number of hydrogen-bond acceptors (Lipinski definition) is 5. The molecule has 0 saturated carbocycles. The summed E-state index contributed by atoms with van der Waals surface area (Å²) in [5, 5.41) is 0. The van der Waals surface area contributed by atoms with Gasteiger partial charge in [-0.2, -0.15) is 4.31 Å². The molecule has 1 aliphatic rings. The van der Waals surface area contributed by atoms with E-state index in [9.17, 15) is 16.8 Å². The third-order valence-electron chi connectivity index (χ3n) is 4.86. The minimum Gasteiger partial charge on any atom is -0.301 e. The van der Waals surface area contributed by atoms with Crippen molar-refractivity contribution >= 4 is 20.0 Å². The number of hydrogen-bond donors (Lipinski definition) is 0. The van der Waals surface area contributed by atoms with E-state index in [2.05, 4.69) is 11.8 Å². The Labute approximate surface area is 164 Å². The van der Waals surface area contributed by atoms with E-state index in [0.29, 0.717) is 44.0 Å². The summed E-state index contributed by atoms with van der Waals surface area (Å²) in [5.74, 6) is 0.114. The van der Waals surface area contributed by atoms with Crippen molar-refractivity contribution in [3.63, 3.8) is 0 Å². The number of piperazine rings is 1. The average Bonchev–Trinajstić information content (AvgIpc) is 2.62. The van der Waals surface area contributed by atoms with E-state index in [0.717, 1.165) is 18.4 Å². The van der Waals surface area contributed by atoms with Crippen LogP contribution in [-0.2, 0) is 26.5 Å². The lowest BCUT2D eigenvalue weighted by molar-refractivity contribution is 0.189. The highest BCUT2D eigenvalue weighted by Gasteiger charge is 2.28. The molecule has 0 N–H and O–H groups in total. The summed E-state index contributed by atoms with van der Waals surface area (Å²) in [6, 6.07) is 7.16. The molecule has 9 heteroatoms. The van der Waals surface area contributed by atoms with E-state index in [1.54, 1.807) is 12.1 Å². The second kappa shape index (κ2) is 9.47. The Balaban J connectivity index is 1.87. The molecule has 0 bridgehead atoms. The first-order valence-electron chi connectivity index (χ1n) is 9.38. The summed E-state index contributed by atoms with van der Waals surface area (Å²) in [6.45, 7) is 4.86. The Morgan fingerprint density at radius 1 is 0.963 bits per heavy atom. The van der Waals surface area contributed by atoms with Gasteiger partial charge in [0.05, 0.1) is 10.6 Å². The Morgan fingerprint density at radius 2 is 1.56 bits per heavy atom. The van der Waals surface area contributed by atoms with E-state index in [4.69, 9.17) is 0 Å². The van der Waals surface area contributed by atoms with Crippen LogP contribution in [0.25, 0.3) is 0 Å². The fraction of sp³-hybridized carbons (Fsp3) is 0.667. The molecule has 1 heterocycles. The minimum atomic E-state index is -3.47. The Bertz CT molecular complexity index is 798. The standard InChI is InChI=1S/C18H31N3O4S2/c1-4-6-17-7-9-18(10-8-17)27(24,25)21-14-12-20(13-15-21)11-5-16-26(22,23)19(2)3/h7-10H,4-6,11-16H2,1-3H3. The van der Waals surface area contributed by atoms with Crippen LogP contribution in [0.3, 0.4) is 0 Å². The van der Waals surface area contributed by atoms with Gasteiger partial charge >= 0.3 is 0 Å². The molecule has 0 spiro atoms. The minimum absolute atomic E-state index is 0.114. The van der Waals surface area contributed by atoms with Crippen molar-refractivity contribution < 1.29 is 16.8 Å². The molecule has 1 aromatic rings. The maximum atomic E-state index is 12.8. The largest absolute Gasteiger partial charge is 0.301 e. The van der Waals surface area contributed by atoms with Crippen molar-refractivity contribution in [2.45, 2.75) is 31.1 Å². The number of rotatable bonds is 9. The van der Waals surface area contributed by atoms with Gasteiger partial charge in [0.25, 0.3) is 0 Å². The smallest absolute Gasteiger partial charge is 0.243 e. The molecule has 1 aromatic carbocycles. The molecular formula is C18H31N3O4S2. The van der Waals surface area contributed by atoms with Gasteiger partial charge in [-0.15, -0.1) is 0 Å². The van der Waals surface area contributed by atoms with Gasteiger partial charge in [-0.1, -0.05) is 25.5 Å². The molecule has 27 heavy (non-hydrogen) atoms. The predicted octanol–water partition coefficient (Wildman–Crippen LogP) is 1.23. The van der Waals surface area contributed by atoms with Gasteiger partial charge < -0.3 is 4.90 Å². The first-order valence-corrected chi connectivity index (χ1v) is 12.4. The van der Waals surface area contributed by atoms with Gasteiger partial charge in [-0.25, -0.2) is 21.1 Å². The SMILES string of the molecule is CCCc1ccc(S(=O)(=O)N2CCN(CCCS(=O)(=O)N(C)C)CC2)cc1. The molecule has 154 valence electrons. The quantitative estimate of drug-likeness (QED) is 0.604. The van der Waals surface area contributed by atoms with Crippen LogP contribution >= 0.6 is 0 Å². The molecule has 0 aliphatic carbocycles. The molecular weight excluding hydrogens is 386 g/mol. The van der Waals surface area contributed by atoms with Crippen molar-refractivity contribution in [1.29, 1.82) is 0 Å². The van der Waals surface area contributed by atoms with Crippen LogP contribution in [0.2, 0.25) is 0 Å². The Hall–Kier alpha value is -1.00. The lowest BCUT2D eigenvalue weighted by Gasteiger charge is -2.34. The van der Waals surface area contributed by atoms with Gasteiger partial charge in [0.15, 0.2) is 0 Å². The van der Waals surface area contributed by atoms with E-state index >= 15 is 0 Å². The van der Waals surface area contributed by atoms with E-state index < -0.39 is 20.0 Å². The van der Waals surface area contributed by atoms with E-state index in [-0.39, 0.29) is 5.75 Å². The maximum Gasteiger partial charge on any atom is 0.243 e. The predicted molar refractivity (Wildman–Crippen MR) is 108 cm³/mol. The molecule has 1 saturated heterocycles. The van der Waals surface area contributed by atoms with Crippen molar-refractivity contribution in [3.8, 4) is 0 Å². The van der Waals surface area contributed by atoms with Gasteiger partial charge in [-0.05, 0) is 37.1 Å². The van der Waals surface area contributed by atoms with Crippen molar-refractivity contribution in [2.75, 3.05) is 52.6 Å². The average molecular weight is 418 g/mol. The number of aryl methyl sites for hydroxylation is 1. The van der Waals surface area contributed by atoms with E-state index in [1.807, 2.05) is 12.1 Å². The summed E-state index contributed by atoms with van der Waals surface area (Å²) >= 11 is 0. The maximum absolute atomic E-state index is 12.8. The molecule has 1 fully saturated rings. The zero-order valence-corrected chi connectivity index (χ0v) is 18.1. The lowest BCUT2D eigenvalue weighted by atomic mass is 10.1. The molecule has 0 radical (unpaired) electrons. The van der Waals surface area contributed by atoms with E-state index in [1.165, 1.54) is 22.7 Å². The number of benzene rings is 1. The zero-order valence-electron chi connectivity index (χ0n) is 16.5. The van der Waals surface area contributed by atoms with Crippen molar-refractivity contribution in [2.24, 2.45) is 0 Å². The van der Waals surface area contributed by atoms with Gasteiger partial charge in [-0.3, -0.25) is 0 Å². The monoisotopic (exact) mass is 417 g/mol. The Kier molecular flexibility index (Phi) is 7.82. The highest BCUT2D eigenvalue weighted by molar-refractivity contribution is 7.89. The first-order chi connectivity index (χ1) is 12.7. The van der Waals surface area contributed by atoms with Crippen LogP contribution in [0.5, 0.6) is 0 Å². The lowest BCUT2D eigenvalue weighted by Crippen LogP contribution is -2.48. The van der Waals surface area contributed by atoms with Crippen molar-refractivity contribution in [3.05, 3.63) is 29.8 Å². The van der Waals surface area contributed by atoms with Crippen LogP contribution < -0.4 is 0 Å². The fourth-order valence-corrected chi connectivity index (χ4v) is 5.39. The molecule has 1 aliphatic heterocycles. The Morgan fingerprint density at radius 3 is 2.07 bits per heavy atom. The summed E-state index contributed by atoms with van der Waals surface area (Å²) < 4.78 is 52.0. The number of nitrogens with zero attached hydrogens (tertiary/aromatic N) is 3. The second-order valence-corrected chi connectivity index (χ2v) is 11.3. The van der Waals surface area contributed by atoms with Gasteiger partial charge in [0, 0.05) is 40.3 Å². The molecule has 7 nitrogen and oxygen atoms in total. The summed E-state index contributed by atoms with van der Waals surface area (Å²) in [5.41, 5.74) is 1.15. The van der Waals surface area contributed by atoms with Crippen LogP contribution in [0.15, 0.2) is 29.2 Å². The number of sulfonamides is 2. The highest BCUT2D eigenvalue weighted by atomic mass is 32.2. The first kappa shape index (κ1) is 22.3. The van der Waals surface area contributed by atoms with Gasteiger partial charge in [0.1, 0.15) is 0 Å². The molecule has 0 aromatic heterocycles. The van der Waals surface area contributed by atoms with Crippen LogP contribution in [0, 0.1) is 0 Å². The van der Waals surface area contributed by atoms with Gasteiger partial charge in [0.2, 0.25) is 20.0 Å². The summed E-state index contributed by atoms with van der Waals surface area (Å²) in [4.78, 5) is 2.47. The van der Waals surface area contributed by atoms with Crippen LogP contribution in [-0.4, -0.2) is 82.9 Å². The zero-order chi connectivity index (χ0) is 20.1. The van der Waals surface area contributed by atoms with Crippen molar-refractivity contribution in [1.82, 2.24) is 13.5 Å². The summed E-state index contributed by atoms with van der Waals surface area (Å²) in [6.07, 6.45) is 2.53. The molecule has 0 atom stereocenters. The molecule has 2 rings (SSSR count). The highest BCUT2D eigenvalue weighted by Crippen LogP contribution is 2.19. The molecule has 0 unspecified atom stereocenters. The molecule has 0 amide bonds.